The van der Waals surface area contributed by atoms with Gasteiger partial charge in [0, 0.05) is 0 Å². The first-order valence-electron chi connectivity index (χ1n) is 8.56. The van der Waals surface area contributed by atoms with Gasteiger partial charge in [0.2, 0.25) is 15.7 Å². The summed E-state index contributed by atoms with van der Waals surface area (Å²) in [4.78, 5) is 2.32. The molecule has 0 saturated carbocycles. The maximum atomic E-state index is 13.0. The number of anilines is 3. The normalized spacial score (nSPS) is 17.0. The second-order valence-corrected chi connectivity index (χ2v) is 8.44. The molecule has 0 unspecified atom stereocenters. The van der Waals surface area contributed by atoms with E-state index >= 15 is 0 Å². The Morgan fingerprint density at radius 2 is 1.85 bits per heavy atom. The van der Waals surface area contributed by atoms with Crippen LogP contribution in [0.25, 0.3) is 0 Å². The summed E-state index contributed by atoms with van der Waals surface area (Å²) in [7, 11) is -3.60. The Morgan fingerprint density at radius 3 is 2.73 bits per heavy atom. The minimum absolute atomic E-state index is 0.182. The summed E-state index contributed by atoms with van der Waals surface area (Å²) < 4.78 is 37.6. The minimum atomic E-state index is -3.60. The Bertz CT molecular complexity index is 1130. The summed E-state index contributed by atoms with van der Waals surface area (Å²) in [6, 6.07) is 12.5. The number of para-hydroxylation sites is 1. The summed E-state index contributed by atoms with van der Waals surface area (Å²) in [5, 5.41) is 0. The average Bonchev–Trinajstić information content (AvgIpc) is 3.15. The highest BCUT2D eigenvalue weighted by Gasteiger charge is 2.38. The molecule has 0 saturated heterocycles. The maximum Gasteiger partial charge on any atom is 0.223 e. The van der Waals surface area contributed by atoms with Crippen molar-refractivity contribution in [1.29, 1.82) is 0 Å². The Labute approximate surface area is 151 Å². The van der Waals surface area contributed by atoms with Crippen LogP contribution in [-0.2, 0) is 16.3 Å². The quantitative estimate of drug-likeness (QED) is 0.495. The van der Waals surface area contributed by atoms with Gasteiger partial charge in [0.25, 0.3) is 0 Å². The summed E-state index contributed by atoms with van der Waals surface area (Å²) in [6.07, 6.45) is 3.35. The van der Waals surface area contributed by atoms with E-state index < -0.39 is 9.84 Å². The van der Waals surface area contributed by atoms with Crippen LogP contribution in [0, 0.1) is 6.92 Å². The van der Waals surface area contributed by atoms with E-state index in [1.165, 1.54) is 23.5 Å². The van der Waals surface area contributed by atoms with Crippen molar-refractivity contribution in [3.63, 3.8) is 0 Å². The molecule has 0 spiro atoms. The van der Waals surface area contributed by atoms with Gasteiger partial charge in [-0.15, -0.1) is 0 Å². The van der Waals surface area contributed by atoms with E-state index in [1.807, 2.05) is 17.0 Å². The molecule has 0 atom stereocenters. The maximum absolute atomic E-state index is 13.0. The number of aryl methyl sites for hydroxylation is 1. The molecule has 5 nitrogen and oxygen atoms in total. The molecule has 26 heavy (non-hydrogen) atoms. The van der Waals surface area contributed by atoms with Gasteiger partial charge in [0.1, 0.15) is 10.6 Å². The second-order valence-electron chi connectivity index (χ2n) is 6.56. The van der Waals surface area contributed by atoms with Gasteiger partial charge in [-0.05, 0) is 55.2 Å². The predicted molar refractivity (Wildman–Crippen MR) is 97.4 cm³/mol. The number of fused-ring (bicyclic) bond motifs is 3. The highest BCUT2D eigenvalue weighted by molar-refractivity contribution is 7.92. The van der Waals surface area contributed by atoms with Crippen molar-refractivity contribution in [2.24, 2.45) is 0 Å². The van der Waals surface area contributed by atoms with Crippen LogP contribution in [0.1, 0.15) is 17.5 Å². The molecule has 3 aromatic rings. The first-order valence-corrected chi connectivity index (χ1v) is 10.0. The van der Waals surface area contributed by atoms with Crippen molar-refractivity contribution in [3.05, 3.63) is 59.9 Å². The molecule has 3 heterocycles. The lowest BCUT2D eigenvalue weighted by Gasteiger charge is -2.32. The van der Waals surface area contributed by atoms with Gasteiger partial charge in [-0.1, -0.05) is 18.2 Å². The smallest absolute Gasteiger partial charge is 0.223 e. The van der Waals surface area contributed by atoms with Gasteiger partial charge in [-0.3, -0.25) is 4.90 Å². The first kappa shape index (κ1) is 15.5. The molecule has 0 N–H and O–H groups in total. The molecule has 0 radical (unpaired) electrons. The number of rotatable bonds is 1. The van der Waals surface area contributed by atoms with E-state index in [0.29, 0.717) is 18.2 Å². The topological polar surface area (TPSA) is 59.8 Å². The largest absolute Gasteiger partial charge is 0.491 e. The Balaban J connectivity index is 1.83. The van der Waals surface area contributed by atoms with Gasteiger partial charge in [-0.2, -0.15) is 0 Å². The molecule has 0 amide bonds. The van der Waals surface area contributed by atoms with Crippen LogP contribution >= 0.6 is 0 Å². The fraction of sp³-hybridized carbons (Fsp3) is 0.200. The van der Waals surface area contributed by atoms with Crippen LogP contribution in [0.5, 0.6) is 5.75 Å². The van der Waals surface area contributed by atoms with Crippen molar-refractivity contribution < 1.29 is 17.6 Å². The zero-order chi connectivity index (χ0) is 17.9. The van der Waals surface area contributed by atoms with E-state index in [4.69, 9.17) is 9.15 Å². The minimum Gasteiger partial charge on any atom is -0.491 e. The molecule has 2 aliphatic rings. The Morgan fingerprint density at radius 1 is 1.00 bits per heavy atom. The van der Waals surface area contributed by atoms with Crippen molar-refractivity contribution in [2.75, 3.05) is 11.5 Å². The Kier molecular flexibility index (Phi) is 3.21. The number of hydrogen-bond donors (Lipinski definition) is 0. The lowest BCUT2D eigenvalue weighted by atomic mass is 9.99. The molecule has 0 bridgehead atoms. The molecule has 0 aliphatic carbocycles. The third-order valence-electron chi connectivity index (χ3n) is 5.03. The van der Waals surface area contributed by atoms with Crippen molar-refractivity contribution in [3.8, 4) is 5.75 Å². The monoisotopic (exact) mass is 367 g/mol. The van der Waals surface area contributed by atoms with E-state index in [0.717, 1.165) is 24.3 Å². The number of sulfone groups is 1. The van der Waals surface area contributed by atoms with Crippen molar-refractivity contribution in [1.82, 2.24) is 0 Å². The molecule has 5 rings (SSSR count). The van der Waals surface area contributed by atoms with Crippen molar-refractivity contribution in [2.45, 2.75) is 29.6 Å². The average molecular weight is 367 g/mol. The summed E-state index contributed by atoms with van der Waals surface area (Å²) in [6.45, 7) is 2.73. The van der Waals surface area contributed by atoms with Gasteiger partial charge in [-0.25, -0.2) is 8.42 Å². The summed E-state index contributed by atoms with van der Waals surface area (Å²) >= 11 is 0. The van der Waals surface area contributed by atoms with Crippen molar-refractivity contribution >= 4 is 27.1 Å². The van der Waals surface area contributed by atoms with Crippen LogP contribution in [0.15, 0.2) is 62.9 Å². The third-order valence-corrected chi connectivity index (χ3v) is 6.84. The molecule has 1 aromatic heterocycles. The van der Waals surface area contributed by atoms with Crippen LogP contribution < -0.4 is 9.64 Å². The first-order chi connectivity index (χ1) is 12.6. The summed E-state index contributed by atoms with van der Waals surface area (Å²) in [5.41, 5.74) is 3.74. The third kappa shape index (κ3) is 1.99. The molecule has 6 heteroatoms. The van der Waals surface area contributed by atoms with E-state index in [1.54, 1.807) is 18.2 Å². The van der Waals surface area contributed by atoms with Gasteiger partial charge in [0.15, 0.2) is 0 Å². The zero-order valence-corrected chi connectivity index (χ0v) is 15.0. The standard InChI is InChI=1S/C20H17NO4S/c1-13-8-9-16(19-14(13)5-4-11-24-19)21-15-6-2-3-7-17(15)26(22,23)18-10-12-25-20(18)21/h2-3,6-10,12H,4-5,11H2,1H3. The number of ether oxygens (including phenoxy) is 1. The van der Waals surface area contributed by atoms with Crippen LogP contribution in [0.3, 0.4) is 0 Å². The lowest BCUT2D eigenvalue weighted by molar-refractivity contribution is 0.288. The molecule has 2 aliphatic heterocycles. The SMILES string of the molecule is Cc1ccc(N2c3ccccc3S(=O)(=O)c3ccoc32)c2c1CCCO2. The van der Waals surface area contributed by atoms with Crippen LogP contribution in [0.2, 0.25) is 0 Å². The molecule has 2 aromatic carbocycles. The molecular formula is C20H17NO4S. The number of benzene rings is 2. The number of nitrogens with zero attached hydrogens (tertiary/aromatic N) is 1. The fourth-order valence-corrected chi connectivity index (χ4v) is 5.31. The Hall–Kier alpha value is -2.73. The number of furan rings is 1. The van der Waals surface area contributed by atoms with Crippen LogP contribution in [0.4, 0.5) is 17.3 Å². The van der Waals surface area contributed by atoms with E-state index in [9.17, 15) is 8.42 Å². The predicted octanol–water partition coefficient (Wildman–Crippen LogP) is 4.53. The fourth-order valence-electron chi connectivity index (χ4n) is 3.78. The number of hydrogen-bond acceptors (Lipinski definition) is 5. The summed E-state index contributed by atoms with van der Waals surface area (Å²) in [5.74, 6) is 1.12. The second kappa shape index (κ2) is 5.38. The van der Waals surface area contributed by atoms with E-state index in [2.05, 4.69) is 13.0 Å². The zero-order valence-electron chi connectivity index (χ0n) is 14.2. The van der Waals surface area contributed by atoms with Crippen LogP contribution in [-0.4, -0.2) is 15.0 Å². The van der Waals surface area contributed by atoms with E-state index in [-0.39, 0.29) is 9.79 Å². The van der Waals surface area contributed by atoms with Gasteiger partial charge < -0.3 is 9.15 Å². The molecule has 132 valence electrons. The van der Waals surface area contributed by atoms with Gasteiger partial charge in [0.05, 0.1) is 29.1 Å². The highest BCUT2D eigenvalue weighted by Crippen LogP contribution is 2.51. The highest BCUT2D eigenvalue weighted by atomic mass is 32.2. The molecule has 0 fully saturated rings. The molecular weight excluding hydrogens is 350 g/mol. The van der Waals surface area contributed by atoms with Gasteiger partial charge >= 0.3 is 0 Å². The lowest BCUT2D eigenvalue weighted by Crippen LogP contribution is -2.22.